The van der Waals surface area contributed by atoms with E-state index in [0.717, 1.165) is 18.5 Å². The van der Waals surface area contributed by atoms with Crippen LogP contribution >= 0.6 is 15.9 Å². The minimum absolute atomic E-state index is 0.277. The molecule has 0 radical (unpaired) electrons. The molecule has 0 aliphatic rings. The summed E-state index contributed by atoms with van der Waals surface area (Å²) in [6, 6.07) is 0. The number of hydrogen-bond donors (Lipinski definition) is 0. The Bertz CT molecular complexity index is 291. The van der Waals surface area contributed by atoms with Crippen molar-refractivity contribution in [2.45, 2.75) is 38.4 Å². The Morgan fingerprint density at radius 1 is 1.57 bits per heavy atom. The van der Waals surface area contributed by atoms with Crippen molar-refractivity contribution in [3.8, 4) is 0 Å². The molecule has 0 aliphatic heterocycles. The quantitative estimate of drug-likeness (QED) is 0.779. The van der Waals surface area contributed by atoms with Crippen molar-refractivity contribution in [3.63, 3.8) is 0 Å². The summed E-state index contributed by atoms with van der Waals surface area (Å²) in [4.78, 5) is 0.550. The molecule has 0 aliphatic carbocycles. The minimum Gasteiger partial charge on any atom is -0.255 e. The fraction of sp³-hybridized carbons (Fsp3) is 0.800. The van der Waals surface area contributed by atoms with Crippen LogP contribution in [0.15, 0.2) is 6.20 Å². The highest BCUT2D eigenvalue weighted by Gasteiger charge is 2.21. The van der Waals surface area contributed by atoms with Crippen molar-refractivity contribution in [3.05, 3.63) is 11.9 Å². The number of alkyl halides is 1. The highest BCUT2D eigenvalue weighted by atomic mass is 79.9. The van der Waals surface area contributed by atoms with Crippen molar-refractivity contribution in [1.82, 2.24) is 15.0 Å². The van der Waals surface area contributed by atoms with Crippen molar-refractivity contribution >= 4 is 15.9 Å². The standard InChI is InChI=1S/C10H18BrN3/c1-8(11)5-10(2,3)6-9-7-14(4)13-12-9/h7-8H,5-6H2,1-4H3. The molecule has 1 unspecified atom stereocenters. The van der Waals surface area contributed by atoms with E-state index in [9.17, 15) is 0 Å². The van der Waals surface area contributed by atoms with Gasteiger partial charge < -0.3 is 0 Å². The number of nitrogens with zero attached hydrogens (tertiary/aromatic N) is 3. The van der Waals surface area contributed by atoms with Gasteiger partial charge >= 0.3 is 0 Å². The van der Waals surface area contributed by atoms with Gasteiger partial charge in [0.25, 0.3) is 0 Å². The van der Waals surface area contributed by atoms with Crippen molar-refractivity contribution in [2.75, 3.05) is 0 Å². The highest BCUT2D eigenvalue weighted by molar-refractivity contribution is 9.09. The average molecular weight is 260 g/mol. The average Bonchev–Trinajstić information content (AvgIpc) is 2.30. The third-order valence-electron chi connectivity index (χ3n) is 2.14. The van der Waals surface area contributed by atoms with Gasteiger partial charge in [-0.1, -0.05) is 41.9 Å². The lowest BCUT2D eigenvalue weighted by atomic mass is 9.83. The van der Waals surface area contributed by atoms with Crippen LogP contribution < -0.4 is 0 Å². The summed E-state index contributed by atoms with van der Waals surface area (Å²) in [6.45, 7) is 6.71. The van der Waals surface area contributed by atoms with E-state index < -0.39 is 0 Å². The summed E-state index contributed by atoms with van der Waals surface area (Å²) in [5.74, 6) is 0. The van der Waals surface area contributed by atoms with Gasteiger partial charge in [-0.3, -0.25) is 4.68 Å². The van der Waals surface area contributed by atoms with Crippen LogP contribution in [0.25, 0.3) is 0 Å². The molecule has 4 heteroatoms. The molecule has 1 heterocycles. The lowest BCUT2D eigenvalue weighted by molar-refractivity contribution is 0.331. The topological polar surface area (TPSA) is 30.7 Å². The molecule has 0 saturated carbocycles. The van der Waals surface area contributed by atoms with Gasteiger partial charge in [0.1, 0.15) is 0 Å². The van der Waals surface area contributed by atoms with Crippen LogP contribution in [0.4, 0.5) is 0 Å². The van der Waals surface area contributed by atoms with E-state index in [2.05, 4.69) is 47.0 Å². The van der Waals surface area contributed by atoms with E-state index in [0.29, 0.717) is 4.83 Å². The lowest BCUT2D eigenvalue weighted by Gasteiger charge is -2.24. The van der Waals surface area contributed by atoms with E-state index in [1.165, 1.54) is 0 Å². The Kier molecular flexibility index (Phi) is 3.70. The molecule has 0 bridgehead atoms. The molecule has 80 valence electrons. The van der Waals surface area contributed by atoms with E-state index in [1.54, 1.807) is 4.68 Å². The second-order valence-electron chi connectivity index (χ2n) is 4.71. The van der Waals surface area contributed by atoms with Gasteiger partial charge in [0.2, 0.25) is 0 Å². The SMILES string of the molecule is CC(Br)CC(C)(C)Cc1cn(C)nn1. The van der Waals surface area contributed by atoms with Crippen molar-refractivity contribution in [2.24, 2.45) is 12.5 Å². The molecule has 0 saturated heterocycles. The maximum Gasteiger partial charge on any atom is 0.0832 e. The molecule has 0 spiro atoms. The van der Waals surface area contributed by atoms with E-state index >= 15 is 0 Å². The Morgan fingerprint density at radius 3 is 2.64 bits per heavy atom. The molecule has 0 amide bonds. The van der Waals surface area contributed by atoms with Crippen LogP contribution in [0.1, 0.15) is 32.9 Å². The van der Waals surface area contributed by atoms with Gasteiger partial charge in [0.15, 0.2) is 0 Å². The number of aryl methyl sites for hydroxylation is 1. The predicted molar refractivity (Wildman–Crippen MR) is 61.5 cm³/mol. The highest BCUT2D eigenvalue weighted by Crippen LogP contribution is 2.28. The maximum absolute atomic E-state index is 4.11. The zero-order chi connectivity index (χ0) is 10.8. The number of halogens is 1. The molecular formula is C10H18BrN3. The van der Waals surface area contributed by atoms with Crippen LogP contribution in [-0.2, 0) is 13.5 Å². The Morgan fingerprint density at radius 2 is 2.21 bits per heavy atom. The first-order valence-corrected chi connectivity index (χ1v) is 5.80. The molecule has 3 nitrogen and oxygen atoms in total. The van der Waals surface area contributed by atoms with Gasteiger partial charge in [0, 0.05) is 18.1 Å². The van der Waals surface area contributed by atoms with Gasteiger partial charge in [-0.25, -0.2) is 0 Å². The van der Waals surface area contributed by atoms with Gasteiger partial charge in [0.05, 0.1) is 5.69 Å². The third kappa shape index (κ3) is 3.78. The zero-order valence-electron chi connectivity index (χ0n) is 9.29. The molecular weight excluding hydrogens is 242 g/mol. The van der Waals surface area contributed by atoms with Crippen LogP contribution in [0.5, 0.6) is 0 Å². The lowest BCUT2D eigenvalue weighted by Crippen LogP contribution is -2.18. The van der Waals surface area contributed by atoms with Crippen molar-refractivity contribution < 1.29 is 0 Å². The first-order chi connectivity index (χ1) is 6.39. The van der Waals surface area contributed by atoms with Gasteiger partial charge in [-0.15, -0.1) is 5.10 Å². The Labute approximate surface area is 94.0 Å². The second-order valence-corrected chi connectivity index (χ2v) is 6.27. The normalized spacial score (nSPS) is 14.4. The summed E-state index contributed by atoms with van der Waals surface area (Å²) >= 11 is 3.59. The summed E-state index contributed by atoms with van der Waals surface area (Å²) in [7, 11) is 1.90. The summed E-state index contributed by atoms with van der Waals surface area (Å²) < 4.78 is 1.75. The summed E-state index contributed by atoms with van der Waals surface area (Å²) in [5.41, 5.74) is 1.35. The molecule has 1 rings (SSSR count). The monoisotopic (exact) mass is 259 g/mol. The first kappa shape index (κ1) is 11.7. The van der Waals surface area contributed by atoms with Crippen molar-refractivity contribution in [1.29, 1.82) is 0 Å². The summed E-state index contributed by atoms with van der Waals surface area (Å²) in [5, 5.41) is 8.04. The maximum atomic E-state index is 4.11. The van der Waals surface area contributed by atoms with Crippen LogP contribution in [0.2, 0.25) is 0 Å². The molecule has 1 atom stereocenters. The molecule has 0 fully saturated rings. The molecule has 0 aromatic carbocycles. The Balaban J connectivity index is 2.58. The van der Waals surface area contributed by atoms with Crippen LogP contribution in [0, 0.1) is 5.41 Å². The number of rotatable bonds is 4. The number of aromatic nitrogens is 3. The van der Waals surface area contributed by atoms with E-state index in [-0.39, 0.29) is 5.41 Å². The second kappa shape index (κ2) is 4.43. The van der Waals surface area contributed by atoms with Gasteiger partial charge in [-0.2, -0.15) is 0 Å². The zero-order valence-corrected chi connectivity index (χ0v) is 10.9. The predicted octanol–water partition coefficient (Wildman–Crippen LogP) is 2.56. The van der Waals surface area contributed by atoms with E-state index in [4.69, 9.17) is 0 Å². The summed E-state index contributed by atoms with van der Waals surface area (Å²) in [6.07, 6.45) is 4.11. The fourth-order valence-electron chi connectivity index (χ4n) is 1.80. The molecule has 1 aromatic heterocycles. The number of hydrogen-bond acceptors (Lipinski definition) is 2. The smallest absolute Gasteiger partial charge is 0.0832 e. The Hall–Kier alpha value is -0.380. The molecule has 14 heavy (non-hydrogen) atoms. The largest absolute Gasteiger partial charge is 0.255 e. The van der Waals surface area contributed by atoms with E-state index in [1.807, 2.05) is 13.2 Å². The minimum atomic E-state index is 0.277. The third-order valence-corrected chi connectivity index (χ3v) is 2.47. The first-order valence-electron chi connectivity index (χ1n) is 4.88. The van der Waals surface area contributed by atoms with Crippen LogP contribution in [-0.4, -0.2) is 19.8 Å². The fourth-order valence-corrected chi connectivity index (χ4v) is 2.68. The molecule has 0 N–H and O–H groups in total. The van der Waals surface area contributed by atoms with Crippen LogP contribution in [0.3, 0.4) is 0 Å². The van der Waals surface area contributed by atoms with Gasteiger partial charge in [-0.05, 0) is 18.3 Å². The molecule has 1 aromatic rings.